The summed E-state index contributed by atoms with van der Waals surface area (Å²) in [5.41, 5.74) is 6.87. The second kappa shape index (κ2) is 5.31. The Labute approximate surface area is 117 Å². The zero-order chi connectivity index (χ0) is 13.2. The quantitative estimate of drug-likeness (QED) is 0.886. The van der Waals surface area contributed by atoms with E-state index in [0.29, 0.717) is 22.8 Å². The Morgan fingerprint density at radius 1 is 1.21 bits per heavy atom. The first-order valence-electron chi connectivity index (χ1n) is 6.66. The Balaban J connectivity index is 1.80. The van der Waals surface area contributed by atoms with Gasteiger partial charge in [0.15, 0.2) is 5.82 Å². The summed E-state index contributed by atoms with van der Waals surface area (Å²) in [6.07, 6.45) is 4.31. The number of nitrogens with zero attached hydrogens (tertiary/aromatic N) is 2. The van der Waals surface area contributed by atoms with E-state index >= 15 is 0 Å². The molecule has 2 aromatic rings. The highest BCUT2D eigenvalue weighted by Gasteiger charge is 2.23. The second-order valence-corrected chi connectivity index (χ2v) is 5.60. The molecule has 3 rings (SSSR count). The lowest BCUT2D eigenvalue weighted by Gasteiger charge is -2.23. The monoisotopic (exact) mass is 276 g/mol. The van der Waals surface area contributed by atoms with Crippen LogP contribution in [-0.2, 0) is 0 Å². The molecule has 4 nitrogen and oxygen atoms in total. The van der Waals surface area contributed by atoms with Gasteiger partial charge in [0.25, 0.3) is 0 Å². The average Bonchev–Trinajstić information content (AvgIpc) is 2.89. The van der Waals surface area contributed by atoms with Crippen LogP contribution in [0.15, 0.2) is 24.3 Å². The molecule has 1 aliphatic rings. The molecule has 0 aliphatic heterocycles. The topological polar surface area (TPSA) is 67.6 Å². The van der Waals surface area contributed by atoms with E-state index < -0.39 is 0 Å². The normalized spacial score (nSPS) is 23.5. The predicted molar refractivity (Wildman–Crippen MR) is 76.0 cm³/mol. The highest BCUT2D eigenvalue weighted by molar-refractivity contribution is 6.30. The highest BCUT2D eigenvalue weighted by Crippen LogP contribution is 2.31. The minimum Gasteiger partial charge on any atom is -0.328 e. The van der Waals surface area contributed by atoms with Crippen LogP contribution in [0.5, 0.6) is 0 Å². The standard InChI is InChI=1S/C14H17ClN4/c15-11-3-1-2-10(8-11)14-17-13(18-19-14)9-4-6-12(16)7-5-9/h1-3,8-9,12H,4-7,16H2,(H,17,18,19). The first-order valence-corrected chi connectivity index (χ1v) is 7.04. The van der Waals surface area contributed by atoms with Crippen molar-refractivity contribution in [2.24, 2.45) is 5.73 Å². The Bertz CT molecular complexity index is 558. The van der Waals surface area contributed by atoms with Gasteiger partial charge in [-0.3, -0.25) is 5.10 Å². The first-order chi connectivity index (χ1) is 9.22. The zero-order valence-electron chi connectivity index (χ0n) is 10.6. The number of hydrogen-bond donors (Lipinski definition) is 2. The third-order valence-electron chi connectivity index (χ3n) is 3.74. The maximum absolute atomic E-state index is 5.99. The molecule has 1 saturated carbocycles. The van der Waals surface area contributed by atoms with Gasteiger partial charge in [-0.15, -0.1) is 0 Å². The molecule has 0 bridgehead atoms. The first kappa shape index (κ1) is 12.6. The number of aromatic amines is 1. The van der Waals surface area contributed by atoms with Crippen LogP contribution < -0.4 is 5.73 Å². The van der Waals surface area contributed by atoms with E-state index in [4.69, 9.17) is 17.3 Å². The lowest BCUT2D eigenvalue weighted by atomic mass is 9.86. The maximum Gasteiger partial charge on any atom is 0.181 e. The molecule has 0 saturated heterocycles. The van der Waals surface area contributed by atoms with Crippen LogP contribution in [0.25, 0.3) is 11.4 Å². The minimum atomic E-state index is 0.353. The van der Waals surface area contributed by atoms with Gasteiger partial charge in [-0.25, -0.2) is 4.98 Å². The van der Waals surface area contributed by atoms with Gasteiger partial charge in [0.2, 0.25) is 0 Å². The fraction of sp³-hybridized carbons (Fsp3) is 0.429. The summed E-state index contributed by atoms with van der Waals surface area (Å²) in [6.45, 7) is 0. The van der Waals surface area contributed by atoms with E-state index in [1.54, 1.807) is 0 Å². The highest BCUT2D eigenvalue weighted by atomic mass is 35.5. The molecule has 0 atom stereocenters. The van der Waals surface area contributed by atoms with Crippen molar-refractivity contribution in [2.75, 3.05) is 0 Å². The molecule has 19 heavy (non-hydrogen) atoms. The molecule has 1 heterocycles. The van der Waals surface area contributed by atoms with Crippen molar-refractivity contribution in [2.45, 2.75) is 37.6 Å². The maximum atomic E-state index is 5.99. The van der Waals surface area contributed by atoms with Crippen molar-refractivity contribution in [1.82, 2.24) is 15.2 Å². The molecule has 0 radical (unpaired) electrons. The smallest absolute Gasteiger partial charge is 0.181 e. The summed E-state index contributed by atoms with van der Waals surface area (Å²) in [5, 5.41) is 8.06. The van der Waals surface area contributed by atoms with Crippen LogP contribution in [0, 0.1) is 0 Å². The van der Waals surface area contributed by atoms with Crippen LogP contribution in [0.2, 0.25) is 5.02 Å². The fourth-order valence-corrected chi connectivity index (χ4v) is 2.80. The molecule has 0 spiro atoms. The van der Waals surface area contributed by atoms with Gasteiger partial charge in [-0.1, -0.05) is 23.7 Å². The lowest BCUT2D eigenvalue weighted by Crippen LogP contribution is -2.26. The fourth-order valence-electron chi connectivity index (χ4n) is 2.61. The molecular formula is C14H17ClN4. The third-order valence-corrected chi connectivity index (χ3v) is 3.98. The zero-order valence-corrected chi connectivity index (χ0v) is 11.4. The van der Waals surface area contributed by atoms with Gasteiger partial charge in [-0.2, -0.15) is 5.10 Å². The van der Waals surface area contributed by atoms with Crippen molar-refractivity contribution in [3.05, 3.63) is 35.1 Å². The van der Waals surface area contributed by atoms with Gasteiger partial charge in [-0.05, 0) is 37.8 Å². The summed E-state index contributed by atoms with van der Waals surface area (Å²) >= 11 is 5.99. The molecular weight excluding hydrogens is 260 g/mol. The number of aromatic nitrogens is 3. The number of benzene rings is 1. The molecule has 1 aromatic heterocycles. The van der Waals surface area contributed by atoms with Crippen LogP contribution >= 0.6 is 11.6 Å². The molecule has 100 valence electrons. The molecule has 1 aromatic carbocycles. The molecule has 5 heteroatoms. The molecule has 1 aliphatic carbocycles. The Kier molecular flexibility index (Phi) is 3.53. The third kappa shape index (κ3) is 2.80. The summed E-state index contributed by atoms with van der Waals surface area (Å²) in [5.74, 6) is 2.15. The summed E-state index contributed by atoms with van der Waals surface area (Å²) in [4.78, 5) is 4.60. The predicted octanol–water partition coefficient (Wildman–Crippen LogP) is 3.11. The summed E-state index contributed by atoms with van der Waals surface area (Å²) in [7, 11) is 0. The van der Waals surface area contributed by atoms with E-state index in [1.165, 1.54) is 0 Å². The van der Waals surface area contributed by atoms with Crippen molar-refractivity contribution >= 4 is 11.6 Å². The SMILES string of the molecule is NC1CCC(c2nc(-c3cccc(Cl)c3)n[nH]2)CC1. The summed E-state index contributed by atoms with van der Waals surface area (Å²) < 4.78 is 0. The van der Waals surface area contributed by atoms with Gasteiger partial charge in [0.05, 0.1) is 0 Å². The van der Waals surface area contributed by atoms with Crippen LogP contribution in [0.1, 0.15) is 37.4 Å². The van der Waals surface area contributed by atoms with Crippen molar-refractivity contribution in [3.8, 4) is 11.4 Å². The molecule has 3 N–H and O–H groups in total. The average molecular weight is 277 g/mol. The Morgan fingerprint density at radius 2 is 2.00 bits per heavy atom. The lowest BCUT2D eigenvalue weighted by molar-refractivity contribution is 0.385. The van der Waals surface area contributed by atoms with Gasteiger partial charge >= 0.3 is 0 Å². The van der Waals surface area contributed by atoms with Crippen molar-refractivity contribution in [1.29, 1.82) is 0 Å². The second-order valence-electron chi connectivity index (χ2n) is 5.17. The Morgan fingerprint density at radius 3 is 2.74 bits per heavy atom. The van der Waals surface area contributed by atoms with Gasteiger partial charge < -0.3 is 5.73 Å². The van der Waals surface area contributed by atoms with Crippen molar-refractivity contribution < 1.29 is 0 Å². The summed E-state index contributed by atoms with van der Waals surface area (Å²) in [6, 6.07) is 7.96. The molecule has 0 unspecified atom stereocenters. The number of nitrogens with two attached hydrogens (primary N) is 1. The number of H-pyrrole nitrogens is 1. The van der Waals surface area contributed by atoms with E-state index in [0.717, 1.165) is 37.1 Å². The van der Waals surface area contributed by atoms with Crippen molar-refractivity contribution in [3.63, 3.8) is 0 Å². The van der Waals surface area contributed by atoms with Gasteiger partial charge in [0.1, 0.15) is 5.82 Å². The minimum absolute atomic E-state index is 0.353. The van der Waals surface area contributed by atoms with E-state index in [-0.39, 0.29) is 0 Å². The number of halogens is 1. The van der Waals surface area contributed by atoms with Crippen LogP contribution in [0.3, 0.4) is 0 Å². The number of rotatable bonds is 2. The van der Waals surface area contributed by atoms with E-state index in [1.807, 2.05) is 24.3 Å². The molecule has 1 fully saturated rings. The molecule has 0 amide bonds. The van der Waals surface area contributed by atoms with Crippen LogP contribution in [-0.4, -0.2) is 21.2 Å². The van der Waals surface area contributed by atoms with Crippen LogP contribution in [0.4, 0.5) is 0 Å². The number of hydrogen-bond acceptors (Lipinski definition) is 3. The number of nitrogens with one attached hydrogen (secondary N) is 1. The Hall–Kier alpha value is -1.39. The van der Waals surface area contributed by atoms with E-state index in [2.05, 4.69) is 15.2 Å². The van der Waals surface area contributed by atoms with Gasteiger partial charge in [0, 0.05) is 22.5 Å². The largest absolute Gasteiger partial charge is 0.328 e. The van der Waals surface area contributed by atoms with E-state index in [9.17, 15) is 0 Å².